The van der Waals surface area contributed by atoms with Crippen molar-refractivity contribution in [3.63, 3.8) is 0 Å². The van der Waals surface area contributed by atoms with Crippen LogP contribution in [0.1, 0.15) is 21.5 Å². The lowest BCUT2D eigenvalue weighted by atomic mass is 9.98. The van der Waals surface area contributed by atoms with E-state index in [0.717, 1.165) is 12.1 Å². The van der Waals surface area contributed by atoms with Crippen LogP contribution in [-0.4, -0.2) is 5.78 Å². The molecule has 0 aliphatic heterocycles. The molecular weight excluding hydrogens is 392 g/mol. The second-order valence-corrected chi connectivity index (χ2v) is 5.90. The number of benzene rings is 2. The fraction of sp³-hybridized carbons (Fsp3) is 0.0714. The van der Waals surface area contributed by atoms with Gasteiger partial charge in [-0.2, -0.15) is 13.2 Å². The normalized spacial score (nSPS) is 11.5. The molecule has 0 radical (unpaired) electrons. The Bertz CT molecular complexity index is 714. The van der Waals surface area contributed by atoms with E-state index < -0.39 is 23.1 Å². The van der Waals surface area contributed by atoms with Gasteiger partial charge < -0.3 is 0 Å². The van der Waals surface area contributed by atoms with Gasteiger partial charge in [0.2, 0.25) is 0 Å². The number of halogens is 6. The first-order valence-corrected chi connectivity index (χ1v) is 7.11. The first-order valence-electron chi connectivity index (χ1n) is 5.56. The van der Waals surface area contributed by atoms with Crippen molar-refractivity contribution in [2.75, 3.05) is 0 Å². The van der Waals surface area contributed by atoms with Gasteiger partial charge in [0.15, 0.2) is 5.78 Å². The Morgan fingerprint density at radius 3 is 2.29 bits per heavy atom. The number of rotatable bonds is 2. The summed E-state index contributed by atoms with van der Waals surface area (Å²) in [7, 11) is 0. The van der Waals surface area contributed by atoms with Gasteiger partial charge in [-0.3, -0.25) is 4.79 Å². The van der Waals surface area contributed by atoms with Crippen molar-refractivity contribution in [1.82, 2.24) is 0 Å². The van der Waals surface area contributed by atoms with Crippen LogP contribution < -0.4 is 0 Å². The van der Waals surface area contributed by atoms with E-state index in [1.807, 2.05) is 0 Å². The highest BCUT2D eigenvalue weighted by molar-refractivity contribution is 9.10. The molecule has 21 heavy (non-hydrogen) atoms. The molecule has 0 unspecified atom stereocenters. The molecule has 0 aliphatic rings. The zero-order valence-corrected chi connectivity index (χ0v) is 13.2. The van der Waals surface area contributed by atoms with Crippen LogP contribution in [0.4, 0.5) is 13.2 Å². The van der Waals surface area contributed by atoms with Crippen LogP contribution in [0, 0.1) is 0 Å². The molecule has 1 nitrogen and oxygen atoms in total. The molecule has 110 valence electrons. The molecule has 2 aromatic carbocycles. The van der Waals surface area contributed by atoms with Crippen LogP contribution in [-0.2, 0) is 6.18 Å². The fourth-order valence-electron chi connectivity index (χ4n) is 1.77. The van der Waals surface area contributed by atoms with Crippen LogP contribution in [0.3, 0.4) is 0 Å². The summed E-state index contributed by atoms with van der Waals surface area (Å²) >= 11 is 14.6. The van der Waals surface area contributed by atoms with Gasteiger partial charge in [0.1, 0.15) is 0 Å². The quantitative estimate of drug-likeness (QED) is 0.567. The topological polar surface area (TPSA) is 17.1 Å². The van der Waals surface area contributed by atoms with Gasteiger partial charge in [0.05, 0.1) is 10.6 Å². The van der Waals surface area contributed by atoms with E-state index in [1.54, 1.807) is 0 Å². The monoisotopic (exact) mass is 396 g/mol. The van der Waals surface area contributed by atoms with Gasteiger partial charge in [-0.25, -0.2) is 0 Å². The van der Waals surface area contributed by atoms with Crippen LogP contribution >= 0.6 is 39.1 Å². The zero-order chi connectivity index (χ0) is 15.8. The summed E-state index contributed by atoms with van der Waals surface area (Å²) in [6, 6.07) is 7.38. The van der Waals surface area contributed by atoms with Crippen molar-refractivity contribution in [2.24, 2.45) is 0 Å². The summed E-state index contributed by atoms with van der Waals surface area (Å²) in [5.74, 6) is -0.831. The van der Waals surface area contributed by atoms with Crippen molar-refractivity contribution in [2.45, 2.75) is 6.18 Å². The molecule has 7 heteroatoms. The Labute approximate surface area is 136 Å². The first kappa shape index (κ1) is 16.3. The summed E-state index contributed by atoms with van der Waals surface area (Å²) in [6.45, 7) is 0. The third-order valence-electron chi connectivity index (χ3n) is 2.70. The van der Waals surface area contributed by atoms with Gasteiger partial charge in [-0.05, 0) is 36.4 Å². The van der Waals surface area contributed by atoms with E-state index in [9.17, 15) is 18.0 Å². The largest absolute Gasteiger partial charge is 0.417 e. The van der Waals surface area contributed by atoms with E-state index in [1.165, 1.54) is 24.3 Å². The van der Waals surface area contributed by atoms with Gasteiger partial charge >= 0.3 is 6.18 Å². The average Bonchev–Trinajstić information content (AvgIpc) is 2.40. The minimum atomic E-state index is -4.65. The summed E-state index contributed by atoms with van der Waals surface area (Å²) in [5, 5.41) is 0.258. The van der Waals surface area contributed by atoms with Crippen molar-refractivity contribution >= 4 is 44.9 Å². The number of alkyl halides is 3. The highest BCUT2D eigenvalue weighted by Crippen LogP contribution is 2.35. The van der Waals surface area contributed by atoms with Gasteiger partial charge in [-0.1, -0.05) is 39.1 Å². The third-order valence-corrected chi connectivity index (χ3v) is 3.76. The maximum absolute atomic E-state index is 13.1. The molecule has 0 N–H and O–H groups in total. The fourth-order valence-corrected chi connectivity index (χ4v) is 2.50. The number of hydrogen-bond acceptors (Lipinski definition) is 1. The predicted octanol–water partition coefficient (Wildman–Crippen LogP) is 6.01. The standard InChI is InChI=1S/C14H6BrCl2F3O/c15-7-1-3-9(11(5-7)14(18,19)20)13(21)10-6-8(16)2-4-12(10)17/h1-6H. The van der Waals surface area contributed by atoms with E-state index in [-0.39, 0.29) is 20.1 Å². The molecule has 0 bridgehead atoms. The summed E-state index contributed by atoms with van der Waals surface area (Å²) in [6.07, 6.45) is -4.65. The number of carbonyl (C=O) groups excluding carboxylic acids is 1. The molecule has 0 fully saturated rings. The molecule has 0 spiro atoms. The highest BCUT2D eigenvalue weighted by atomic mass is 79.9. The SMILES string of the molecule is O=C(c1cc(Cl)ccc1Cl)c1ccc(Br)cc1C(F)(F)F. The number of hydrogen-bond donors (Lipinski definition) is 0. The average molecular weight is 398 g/mol. The van der Waals surface area contributed by atoms with Crippen LogP contribution in [0.25, 0.3) is 0 Å². The van der Waals surface area contributed by atoms with Crippen LogP contribution in [0.2, 0.25) is 10.0 Å². The summed E-state index contributed by atoms with van der Waals surface area (Å²) < 4.78 is 39.4. The maximum atomic E-state index is 13.1. The Morgan fingerprint density at radius 1 is 1.00 bits per heavy atom. The van der Waals surface area contributed by atoms with Crippen molar-refractivity contribution in [1.29, 1.82) is 0 Å². The summed E-state index contributed by atoms with van der Waals surface area (Å²) in [4.78, 5) is 12.3. The Balaban J connectivity index is 2.61. The van der Waals surface area contributed by atoms with Gasteiger partial charge in [-0.15, -0.1) is 0 Å². The lowest BCUT2D eigenvalue weighted by molar-refractivity contribution is -0.137. The minimum absolute atomic E-state index is 0.0421. The van der Waals surface area contributed by atoms with Crippen molar-refractivity contribution < 1.29 is 18.0 Å². The molecule has 2 aromatic rings. The molecular formula is C14H6BrCl2F3O. The molecule has 0 aliphatic carbocycles. The molecule has 0 heterocycles. The number of carbonyl (C=O) groups is 1. The predicted molar refractivity (Wildman–Crippen MR) is 79.0 cm³/mol. The first-order chi connectivity index (χ1) is 9.70. The maximum Gasteiger partial charge on any atom is 0.417 e. The van der Waals surface area contributed by atoms with E-state index in [2.05, 4.69) is 15.9 Å². The molecule has 0 saturated carbocycles. The van der Waals surface area contributed by atoms with Gasteiger partial charge in [0, 0.05) is 20.6 Å². The highest BCUT2D eigenvalue weighted by Gasteiger charge is 2.35. The minimum Gasteiger partial charge on any atom is -0.289 e. The lowest BCUT2D eigenvalue weighted by Gasteiger charge is -2.13. The van der Waals surface area contributed by atoms with Crippen LogP contribution in [0.5, 0.6) is 0 Å². The molecule has 0 aromatic heterocycles. The van der Waals surface area contributed by atoms with E-state index >= 15 is 0 Å². The van der Waals surface area contributed by atoms with Crippen molar-refractivity contribution in [3.05, 3.63) is 67.6 Å². The summed E-state index contributed by atoms with van der Waals surface area (Å²) in [5.41, 5.74) is -1.58. The van der Waals surface area contributed by atoms with Crippen LogP contribution in [0.15, 0.2) is 40.9 Å². The lowest BCUT2D eigenvalue weighted by Crippen LogP contribution is -2.14. The van der Waals surface area contributed by atoms with Gasteiger partial charge in [0.25, 0.3) is 0 Å². The molecule has 0 atom stereocenters. The van der Waals surface area contributed by atoms with Crippen molar-refractivity contribution in [3.8, 4) is 0 Å². The Kier molecular flexibility index (Phi) is 4.66. The Morgan fingerprint density at radius 2 is 1.67 bits per heavy atom. The molecule has 0 saturated heterocycles. The Hall–Kier alpha value is -1.04. The smallest absolute Gasteiger partial charge is 0.289 e. The molecule has 0 amide bonds. The molecule has 2 rings (SSSR count). The van der Waals surface area contributed by atoms with E-state index in [0.29, 0.717) is 0 Å². The zero-order valence-electron chi connectivity index (χ0n) is 10.1. The second-order valence-electron chi connectivity index (χ2n) is 4.14. The third kappa shape index (κ3) is 3.59. The van der Waals surface area contributed by atoms with E-state index in [4.69, 9.17) is 23.2 Å². The number of ketones is 1. The second kappa shape index (κ2) is 5.99.